The number of nitrogens with one attached hydrogen (secondary N) is 1. The van der Waals surface area contributed by atoms with Gasteiger partial charge < -0.3 is 10.2 Å². The van der Waals surface area contributed by atoms with Gasteiger partial charge in [0.1, 0.15) is 0 Å². The summed E-state index contributed by atoms with van der Waals surface area (Å²) in [4.78, 5) is 15.6. The number of thioether (sulfide) groups is 1. The van der Waals surface area contributed by atoms with Crippen LogP contribution in [0.1, 0.15) is 22.5 Å². The SMILES string of the molecule is O=C(c1cccs1)N1CCSC12CCNCC2. The Morgan fingerprint density at radius 3 is 2.94 bits per heavy atom. The molecule has 0 saturated carbocycles. The van der Waals surface area contributed by atoms with E-state index in [9.17, 15) is 4.79 Å². The first kappa shape index (κ1) is 11.6. The number of amides is 1. The lowest BCUT2D eigenvalue weighted by Gasteiger charge is -2.40. The zero-order chi connectivity index (χ0) is 11.7. The van der Waals surface area contributed by atoms with Gasteiger partial charge in [0.25, 0.3) is 5.91 Å². The van der Waals surface area contributed by atoms with Crippen molar-refractivity contribution in [2.75, 3.05) is 25.4 Å². The van der Waals surface area contributed by atoms with E-state index in [1.165, 1.54) is 0 Å². The van der Waals surface area contributed by atoms with Crippen molar-refractivity contribution in [2.45, 2.75) is 17.7 Å². The summed E-state index contributed by atoms with van der Waals surface area (Å²) >= 11 is 3.52. The van der Waals surface area contributed by atoms with Crippen LogP contribution < -0.4 is 5.32 Å². The van der Waals surface area contributed by atoms with E-state index < -0.39 is 0 Å². The van der Waals surface area contributed by atoms with Gasteiger partial charge in [-0.15, -0.1) is 23.1 Å². The minimum Gasteiger partial charge on any atom is -0.322 e. The van der Waals surface area contributed by atoms with Gasteiger partial charge in [-0.25, -0.2) is 0 Å². The van der Waals surface area contributed by atoms with Gasteiger partial charge in [0, 0.05) is 12.3 Å². The second-order valence-electron chi connectivity index (χ2n) is 4.48. The molecule has 0 bridgehead atoms. The van der Waals surface area contributed by atoms with Crippen molar-refractivity contribution in [3.05, 3.63) is 22.4 Å². The van der Waals surface area contributed by atoms with Crippen molar-refractivity contribution >= 4 is 29.0 Å². The first-order valence-electron chi connectivity index (χ1n) is 6.02. The molecule has 1 spiro atoms. The van der Waals surface area contributed by atoms with Gasteiger partial charge in [-0.1, -0.05) is 6.07 Å². The molecule has 3 nitrogen and oxygen atoms in total. The average Bonchev–Trinajstić information content (AvgIpc) is 2.99. The van der Waals surface area contributed by atoms with Gasteiger partial charge in [-0.2, -0.15) is 0 Å². The average molecular weight is 268 g/mol. The molecule has 0 radical (unpaired) electrons. The Bertz CT molecular complexity index is 399. The quantitative estimate of drug-likeness (QED) is 0.846. The Hall–Kier alpha value is -0.520. The minimum absolute atomic E-state index is 0.0757. The molecule has 0 atom stereocenters. The van der Waals surface area contributed by atoms with Crippen LogP contribution in [0.15, 0.2) is 17.5 Å². The molecule has 1 N–H and O–H groups in total. The number of hydrogen-bond donors (Lipinski definition) is 1. The van der Waals surface area contributed by atoms with Crippen LogP contribution in [0.4, 0.5) is 0 Å². The Labute approximate surface area is 110 Å². The lowest BCUT2D eigenvalue weighted by Crippen LogP contribution is -2.51. The minimum atomic E-state index is 0.0757. The van der Waals surface area contributed by atoms with Crippen LogP contribution in [0.3, 0.4) is 0 Å². The number of carbonyl (C=O) groups is 1. The molecule has 1 amide bonds. The van der Waals surface area contributed by atoms with Gasteiger partial charge in [-0.3, -0.25) is 4.79 Å². The zero-order valence-electron chi connectivity index (χ0n) is 9.65. The van der Waals surface area contributed by atoms with E-state index in [-0.39, 0.29) is 10.8 Å². The maximum absolute atomic E-state index is 12.5. The summed E-state index contributed by atoms with van der Waals surface area (Å²) in [6.07, 6.45) is 2.16. The van der Waals surface area contributed by atoms with Crippen molar-refractivity contribution in [3.63, 3.8) is 0 Å². The van der Waals surface area contributed by atoms with Crippen LogP contribution >= 0.6 is 23.1 Å². The van der Waals surface area contributed by atoms with Crippen molar-refractivity contribution in [2.24, 2.45) is 0 Å². The van der Waals surface area contributed by atoms with Crippen molar-refractivity contribution in [1.29, 1.82) is 0 Å². The van der Waals surface area contributed by atoms with Crippen LogP contribution in [-0.4, -0.2) is 41.1 Å². The fraction of sp³-hybridized carbons (Fsp3) is 0.583. The van der Waals surface area contributed by atoms with E-state index in [1.807, 2.05) is 29.3 Å². The fourth-order valence-corrected chi connectivity index (χ4v) is 4.81. The first-order chi connectivity index (χ1) is 8.32. The molecule has 1 aromatic heterocycles. The predicted octanol–water partition coefficient (Wildman–Crippen LogP) is 2.02. The number of piperidine rings is 1. The maximum Gasteiger partial charge on any atom is 0.265 e. The number of rotatable bonds is 1. The van der Waals surface area contributed by atoms with Gasteiger partial charge in [0.2, 0.25) is 0 Å². The largest absolute Gasteiger partial charge is 0.322 e. The van der Waals surface area contributed by atoms with E-state index in [0.717, 1.165) is 43.1 Å². The number of carbonyl (C=O) groups excluding carboxylic acids is 1. The molecule has 2 aliphatic heterocycles. The molecule has 0 aromatic carbocycles. The van der Waals surface area contributed by atoms with E-state index in [0.29, 0.717) is 0 Å². The third-order valence-corrected chi connectivity index (χ3v) is 5.95. The van der Waals surface area contributed by atoms with Crippen molar-refractivity contribution in [1.82, 2.24) is 10.2 Å². The molecule has 17 heavy (non-hydrogen) atoms. The molecule has 3 heterocycles. The predicted molar refractivity (Wildman–Crippen MR) is 72.6 cm³/mol. The molecule has 1 aromatic rings. The summed E-state index contributed by atoms with van der Waals surface area (Å²) in [7, 11) is 0. The molecule has 2 saturated heterocycles. The Morgan fingerprint density at radius 1 is 1.41 bits per heavy atom. The summed E-state index contributed by atoms with van der Waals surface area (Å²) in [6, 6.07) is 3.89. The highest BCUT2D eigenvalue weighted by Crippen LogP contribution is 2.43. The zero-order valence-corrected chi connectivity index (χ0v) is 11.3. The van der Waals surface area contributed by atoms with Gasteiger partial charge >= 0.3 is 0 Å². The summed E-state index contributed by atoms with van der Waals surface area (Å²) in [6.45, 7) is 2.96. The normalized spacial score (nSPS) is 23.2. The molecule has 2 fully saturated rings. The lowest BCUT2D eigenvalue weighted by molar-refractivity contribution is 0.0640. The maximum atomic E-state index is 12.5. The molecule has 2 aliphatic rings. The van der Waals surface area contributed by atoms with Crippen LogP contribution in [0, 0.1) is 0 Å². The van der Waals surface area contributed by atoms with Gasteiger partial charge in [0.15, 0.2) is 0 Å². The Balaban J connectivity index is 1.84. The third kappa shape index (κ3) is 2.00. The van der Waals surface area contributed by atoms with Crippen LogP contribution in [0.5, 0.6) is 0 Å². The summed E-state index contributed by atoms with van der Waals surface area (Å²) in [5.41, 5.74) is 0. The molecular weight excluding hydrogens is 252 g/mol. The first-order valence-corrected chi connectivity index (χ1v) is 7.88. The number of thiophene rings is 1. The highest BCUT2D eigenvalue weighted by Gasteiger charge is 2.45. The monoisotopic (exact) mass is 268 g/mol. The lowest BCUT2D eigenvalue weighted by atomic mass is 10.0. The van der Waals surface area contributed by atoms with Crippen LogP contribution in [0.25, 0.3) is 0 Å². The van der Waals surface area contributed by atoms with E-state index in [2.05, 4.69) is 10.2 Å². The summed E-state index contributed by atoms with van der Waals surface area (Å²) < 4.78 is 0. The molecule has 3 rings (SSSR count). The highest BCUT2D eigenvalue weighted by atomic mass is 32.2. The summed E-state index contributed by atoms with van der Waals surface area (Å²) in [5.74, 6) is 1.31. The van der Waals surface area contributed by atoms with E-state index in [1.54, 1.807) is 11.3 Å². The van der Waals surface area contributed by atoms with E-state index in [4.69, 9.17) is 0 Å². The second kappa shape index (κ2) is 4.63. The topological polar surface area (TPSA) is 32.3 Å². The molecule has 0 unspecified atom stereocenters. The third-order valence-electron chi connectivity index (χ3n) is 3.54. The Morgan fingerprint density at radius 2 is 2.24 bits per heavy atom. The molecular formula is C12H16N2OS2. The number of hydrogen-bond acceptors (Lipinski definition) is 4. The van der Waals surface area contributed by atoms with Crippen LogP contribution in [0.2, 0.25) is 0 Å². The van der Waals surface area contributed by atoms with Gasteiger partial charge in [0.05, 0.1) is 9.75 Å². The molecule has 0 aliphatic carbocycles. The van der Waals surface area contributed by atoms with E-state index >= 15 is 0 Å². The standard InChI is InChI=1S/C12H16N2OS2/c15-11(10-2-1-8-16-10)14-7-9-17-12(14)3-5-13-6-4-12/h1-2,8,13H,3-7,9H2. The molecule has 92 valence electrons. The van der Waals surface area contributed by atoms with Gasteiger partial charge in [-0.05, 0) is 37.4 Å². The number of nitrogens with zero attached hydrogens (tertiary/aromatic N) is 1. The van der Waals surface area contributed by atoms with Crippen LogP contribution in [-0.2, 0) is 0 Å². The molecule has 5 heteroatoms. The van der Waals surface area contributed by atoms with Crippen molar-refractivity contribution in [3.8, 4) is 0 Å². The summed E-state index contributed by atoms with van der Waals surface area (Å²) in [5, 5.41) is 5.36. The second-order valence-corrected chi connectivity index (χ2v) is 6.88. The Kier molecular flexibility index (Phi) is 3.15. The smallest absolute Gasteiger partial charge is 0.265 e. The highest BCUT2D eigenvalue weighted by molar-refractivity contribution is 8.00. The fourth-order valence-electron chi connectivity index (χ4n) is 2.66. The van der Waals surface area contributed by atoms with Crippen molar-refractivity contribution < 1.29 is 4.79 Å².